The van der Waals surface area contributed by atoms with Crippen molar-refractivity contribution in [3.05, 3.63) is 102 Å². The summed E-state index contributed by atoms with van der Waals surface area (Å²) in [5, 5.41) is 12.1. The van der Waals surface area contributed by atoms with E-state index in [0.29, 0.717) is 18.8 Å². The van der Waals surface area contributed by atoms with Crippen molar-refractivity contribution in [2.75, 3.05) is 0 Å². The van der Waals surface area contributed by atoms with Gasteiger partial charge in [-0.25, -0.2) is 4.98 Å². The van der Waals surface area contributed by atoms with Crippen LogP contribution < -0.4 is 9.47 Å². The molecule has 0 radical (unpaired) electrons. The molecular weight excluding hydrogens is 398 g/mol. The van der Waals surface area contributed by atoms with E-state index in [9.17, 15) is 5.11 Å². The van der Waals surface area contributed by atoms with Crippen LogP contribution in [0.1, 0.15) is 43.5 Å². The number of aliphatic hydroxyl groups is 1. The van der Waals surface area contributed by atoms with E-state index in [-0.39, 0.29) is 6.10 Å². The summed E-state index contributed by atoms with van der Waals surface area (Å²) in [6, 6.07) is 29.5. The van der Waals surface area contributed by atoms with E-state index in [1.165, 1.54) is 0 Å². The fourth-order valence-electron chi connectivity index (χ4n) is 3.84. The lowest BCUT2D eigenvalue weighted by molar-refractivity contribution is 0.0869. The van der Waals surface area contributed by atoms with Crippen molar-refractivity contribution in [2.45, 2.75) is 45.0 Å². The summed E-state index contributed by atoms with van der Waals surface area (Å²) >= 11 is 0. The number of para-hydroxylation sites is 3. The van der Waals surface area contributed by atoms with Gasteiger partial charge >= 0.3 is 0 Å². The summed E-state index contributed by atoms with van der Waals surface area (Å²) in [5.74, 6) is 1.50. The zero-order valence-electron chi connectivity index (χ0n) is 18.4. The monoisotopic (exact) mass is 427 g/mol. The molecule has 0 fully saturated rings. The Hall–Kier alpha value is -3.37. The number of hydrogen-bond acceptors (Lipinski definition) is 4. The lowest BCUT2D eigenvalue weighted by Crippen LogP contribution is -2.20. The van der Waals surface area contributed by atoms with E-state index in [2.05, 4.69) is 18.0 Å². The Morgan fingerprint density at radius 3 is 2.44 bits per heavy atom. The van der Waals surface area contributed by atoms with Gasteiger partial charge in [-0.05, 0) is 36.8 Å². The highest BCUT2D eigenvalue weighted by Gasteiger charge is 2.20. The fourth-order valence-corrected chi connectivity index (χ4v) is 3.84. The lowest BCUT2D eigenvalue weighted by Gasteiger charge is -2.23. The first-order valence-electron chi connectivity index (χ1n) is 11.2. The van der Waals surface area contributed by atoms with E-state index in [1.54, 1.807) is 0 Å². The summed E-state index contributed by atoms with van der Waals surface area (Å²) < 4.78 is 12.2. The van der Waals surface area contributed by atoms with Crippen LogP contribution in [0.25, 0.3) is 10.9 Å². The van der Waals surface area contributed by atoms with Crippen molar-refractivity contribution in [3.63, 3.8) is 0 Å². The number of pyridine rings is 1. The van der Waals surface area contributed by atoms with Gasteiger partial charge < -0.3 is 14.6 Å². The van der Waals surface area contributed by atoms with Crippen molar-refractivity contribution in [1.82, 2.24) is 4.98 Å². The standard InChI is InChI=1S/C28H29NO3/c1-2-10-24(32-23-12-4-3-5-13-23)19-27(30)25-14-7-9-16-28(25)31-20-22-18-17-21-11-6-8-15-26(21)29-22/h3-9,11-18,24,27,30H,2,10,19-20H2,1H3. The summed E-state index contributed by atoms with van der Waals surface area (Å²) in [4.78, 5) is 4.68. The predicted molar refractivity (Wildman–Crippen MR) is 128 cm³/mol. The second-order valence-electron chi connectivity index (χ2n) is 7.91. The quantitative estimate of drug-likeness (QED) is 0.314. The van der Waals surface area contributed by atoms with Crippen molar-refractivity contribution in [3.8, 4) is 11.5 Å². The van der Waals surface area contributed by atoms with E-state index < -0.39 is 6.10 Å². The van der Waals surface area contributed by atoms with Crippen molar-refractivity contribution >= 4 is 10.9 Å². The molecule has 0 aliphatic heterocycles. The Morgan fingerprint density at radius 2 is 1.59 bits per heavy atom. The Morgan fingerprint density at radius 1 is 0.844 bits per heavy atom. The molecule has 1 aromatic heterocycles. The molecule has 164 valence electrons. The Bertz CT molecular complexity index is 1130. The molecule has 4 heteroatoms. The third-order valence-corrected chi connectivity index (χ3v) is 5.45. The molecule has 0 saturated heterocycles. The SMILES string of the molecule is CCCC(CC(O)c1ccccc1OCc1ccc2ccccc2n1)Oc1ccccc1. The molecule has 32 heavy (non-hydrogen) atoms. The van der Waals surface area contributed by atoms with E-state index in [0.717, 1.165) is 40.8 Å². The van der Waals surface area contributed by atoms with Crippen LogP contribution in [-0.4, -0.2) is 16.2 Å². The number of aliphatic hydroxyl groups excluding tert-OH is 1. The van der Waals surface area contributed by atoms with Crippen LogP contribution in [0, 0.1) is 0 Å². The first kappa shape index (κ1) is 21.8. The van der Waals surface area contributed by atoms with Gasteiger partial charge in [-0.3, -0.25) is 0 Å². The van der Waals surface area contributed by atoms with Crippen LogP contribution in [0.5, 0.6) is 11.5 Å². The van der Waals surface area contributed by atoms with Gasteiger partial charge in [0.1, 0.15) is 24.2 Å². The normalized spacial score (nSPS) is 12.9. The number of hydrogen-bond donors (Lipinski definition) is 1. The molecule has 0 aliphatic rings. The minimum absolute atomic E-state index is 0.0763. The maximum atomic E-state index is 11.0. The van der Waals surface area contributed by atoms with Crippen LogP contribution >= 0.6 is 0 Å². The van der Waals surface area contributed by atoms with Crippen LogP contribution in [0.15, 0.2) is 91.0 Å². The second kappa shape index (κ2) is 10.8. The summed E-state index contributed by atoms with van der Waals surface area (Å²) in [6.45, 7) is 2.47. The molecule has 1 N–H and O–H groups in total. The summed E-state index contributed by atoms with van der Waals surface area (Å²) in [6.07, 6.45) is 1.59. The fraction of sp³-hybridized carbons (Fsp3) is 0.250. The van der Waals surface area contributed by atoms with Gasteiger partial charge in [0.25, 0.3) is 0 Å². The van der Waals surface area contributed by atoms with Crippen LogP contribution in [0.2, 0.25) is 0 Å². The first-order valence-corrected chi connectivity index (χ1v) is 11.2. The second-order valence-corrected chi connectivity index (χ2v) is 7.91. The molecule has 4 nitrogen and oxygen atoms in total. The van der Waals surface area contributed by atoms with Crippen LogP contribution in [0.4, 0.5) is 0 Å². The minimum atomic E-state index is -0.684. The van der Waals surface area contributed by atoms with Crippen LogP contribution in [0.3, 0.4) is 0 Å². The maximum absolute atomic E-state index is 11.0. The maximum Gasteiger partial charge on any atom is 0.130 e. The number of aromatic nitrogens is 1. The van der Waals surface area contributed by atoms with Gasteiger partial charge in [-0.1, -0.05) is 74.0 Å². The average molecular weight is 428 g/mol. The highest BCUT2D eigenvalue weighted by atomic mass is 16.5. The summed E-state index contributed by atoms with van der Waals surface area (Å²) in [7, 11) is 0. The number of rotatable bonds is 10. The number of nitrogens with zero attached hydrogens (tertiary/aromatic N) is 1. The van der Waals surface area contributed by atoms with Crippen molar-refractivity contribution in [2.24, 2.45) is 0 Å². The molecule has 4 rings (SSSR count). The van der Waals surface area contributed by atoms with Gasteiger partial charge in [0.2, 0.25) is 0 Å². The highest BCUT2D eigenvalue weighted by molar-refractivity contribution is 5.78. The highest BCUT2D eigenvalue weighted by Crippen LogP contribution is 2.30. The molecule has 0 saturated carbocycles. The van der Waals surface area contributed by atoms with E-state index in [4.69, 9.17) is 9.47 Å². The van der Waals surface area contributed by atoms with Gasteiger partial charge in [-0.15, -0.1) is 0 Å². The third-order valence-electron chi connectivity index (χ3n) is 5.45. The van der Waals surface area contributed by atoms with Crippen molar-refractivity contribution < 1.29 is 14.6 Å². The Labute approximate surface area is 189 Å². The number of fused-ring (bicyclic) bond motifs is 1. The lowest BCUT2D eigenvalue weighted by atomic mass is 10.00. The third kappa shape index (κ3) is 5.65. The Balaban J connectivity index is 1.45. The molecule has 2 unspecified atom stereocenters. The molecule has 1 heterocycles. The molecule has 0 aliphatic carbocycles. The van der Waals surface area contributed by atoms with Gasteiger partial charge in [0.05, 0.1) is 17.3 Å². The molecule has 4 aromatic rings. The molecule has 3 aromatic carbocycles. The zero-order chi connectivity index (χ0) is 22.2. The molecule has 0 bridgehead atoms. The molecule has 2 atom stereocenters. The number of ether oxygens (including phenoxy) is 2. The average Bonchev–Trinajstić information content (AvgIpc) is 2.83. The Kier molecular flexibility index (Phi) is 7.36. The zero-order valence-corrected chi connectivity index (χ0v) is 18.4. The van der Waals surface area contributed by atoms with E-state index >= 15 is 0 Å². The largest absolute Gasteiger partial charge is 0.490 e. The predicted octanol–water partition coefficient (Wildman–Crippen LogP) is 6.49. The smallest absolute Gasteiger partial charge is 0.130 e. The van der Waals surface area contributed by atoms with E-state index in [1.807, 2.05) is 84.9 Å². The summed E-state index contributed by atoms with van der Waals surface area (Å²) in [5.41, 5.74) is 2.57. The van der Waals surface area contributed by atoms with Gasteiger partial charge in [0, 0.05) is 17.4 Å². The van der Waals surface area contributed by atoms with Gasteiger partial charge in [-0.2, -0.15) is 0 Å². The molecular formula is C28H29NO3. The van der Waals surface area contributed by atoms with Crippen LogP contribution in [-0.2, 0) is 6.61 Å². The van der Waals surface area contributed by atoms with Crippen molar-refractivity contribution in [1.29, 1.82) is 0 Å². The molecule has 0 amide bonds. The van der Waals surface area contributed by atoms with Gasteiger partial charge in [0.15, 0.2) is 0 Å². The minimum Gasteiger partial charge on any atom is -0.490 e. The number of benzene rings is 3. The molecule has 0 spiro atoms. The topological polar surface area (TPSA) is 51.6 Å². The first-order chi connectivity index (χ1) is 15.7.